The van der Waals surface area contributed by atoms with Gasteiger partial charge in [-0.25, -0.2) is 9.59 Å². The highest BCUT2D eigenvalue weighted by atomic mass is 35.5. The van der Waals surface area contributed by atoms with E-state index < -0.39 is 24.0 Å². The van der Waals surface area contributed by atoms with Gasteiger partial charge in [-0.15, -0.1) is 0 Å². The first-order valence-electron chi connectivity index (χ1n) is 8.29. The zero-order chi connectivity index (χ0) is 19.3. The van der Waals surface area contributed by atoms with E-state index >= 15 is 0 Å². The number of carbonyl (C=O) groups is 3. The number of carboxylic acids is 1. The second-order valence-electron chi connectivity index (χ2n) is 5.77. The van der Waals surface area contributed by atoms with Gasteiger partial charge in [0.15, 0.2) is 0 Å². The third-order valence-electron chi connectivity index (χ3n) is 4.08. The molecule has 0 saturated carbocycles. The van der Waals surface area contributed by atoms with Gasteiger partial charge in [-0.2, -0.15) is 0 Å². The van der Waals surface area contributed by atoms with Crippen molar-refractivity contribution in [3.63, 3.8) is 0 Å². The van der Waals surface area contributed by atoms with Crippen LogP contribution in [0.5, 0.6) is 0 Å². The molecular formula is C18H21ClN2O5. The molecule has 1 aliphatic rings. The summed E-state index contributed by atoms with van der Waals surface area (Å²) in [5.41, 5.74) is 1.31. The van der Waals surface area contributed by atoms with Crippen molar-refractivity contribution in [2.75, 3.05) is 13.2 Å². The number of nitrogens with zero attached hydrogens (tertiary/aromatic N) is 1. The Morgan fingerprint density at radius 2 is 2.04 bits per heavy atom. The number of hydrogen-bond acceptors (Lipinski definition) is 4. The highest BCUT2D eigenvalue weighted by Gasteiger charge is 2.37. The van der Waals surface area contributed by atoms with E-state index in [1.165, 1.54) is 4.90 Å². The van der Waals surface area contributed by atoms with Gasteiger partial charge in [0, 0.05) is 23.7 Å². The van der Waals surface area contributed by atoms with Gasteiger partial charge in [0.05, 0.1) is 18.2 Å². The maximum absolute atomic E-state index is 12.5. The van der Waals surface area contributed by atoms with Crippen LogP contribution in [0.2, 0.25) is 5.02 Å². The Balaban J connectivity index is 2.42. The van der Waals surface area contributed by atoms with Crippen molar-refractivity contribution in [1.82, 2.24) is 10.2 Å². The summed E-state index contributed by atoms with van der Waals surface area (Å²) in [6, 6.07) is 5.80. The van der Waals surface area contributed by atoms with Crippen LogP contribution in [0.25, 0.3) is 0 Å². The van der Waals surface area contributed by atoms with E-state index in [0.717, 1.165) is 0 Å². The minimum atomic E-state index is -0.941. The fraction of sp³-hybridized carbons (Fsp3) is 0.389. The molecular weight excluding hydrogens is 360 g/mol. The van der Waals surface area contributed by atoms with Crippen LogP contribution in [-0.4, -0.2) is 41.1 Å². The summed E-state index contributed by atoms with van der Waals surface area (Å²) in [5.74, 6) is -1.48. The molecule has 0 radical (unpaired) electrons. The molecule has 2 amide bonds. The lowest BCUT2D eigenvalue weighted by molar-refractivity contribution is -0.139. The number of esters is 1. The van der Waals surface area contributed by atoms with Crippen LogP contribution in [0.3, 0.4) is 0 Å². The molecule has 8 heteroatoms. The Morgan fingerprint density at radius 1 is 1.35 bits per heavy atom. The van der Waals surface area contributed by atoms with Gasteiger partial charge in [0.25, 0.3) is 0 Å². The van der Waals surface area contributed by atoms with E-state index in [4.69, 9.17) is 21.4 Å². The smallest absolute Gasteiger partial charge is 0.338 e. The van der Waals surface area contributed by atoms with Gasteiger partial charge >= 0.3 is 18.0 Å². The predicted octanol–water partition coefficient (Wildman–Crippen LogP) is 3.11. The molecule has 0 bridgehead atoms. The SMILES string of the molecule is CCOC(=O)C1=C(C)N(CCCC(=O)O)C(=O)N[C@@H]1c1ccccc1Cl. The molecule has 1 aromatic rings. The lowest BCUT2D eigenvalue weighted by atomic mass is 9.94. The number of carboxylic acid groups (broad SMARTS) is 1. The minimum Gasteiger partial charge on any atom is -0.481 e. The summed E-state index contributed by atoms with van der Waals surface area (Å²) in [5, 5.41) is 12.0. The zero-order valence-electron chi connectivity index (χ0n) is 14.6. The predicted molar refractivity (Wildman–Crippen MR) is 95.6 cm³/mol. The fourth-order valence-electron chi connectivity index (χ4n) is 2.85. The maximum atomic E-state index is 12.5. The summed E-state index contributed by atoms with van der Waals surface area (Å²) >= 11 is 6.25. The average molecular weight is 381 g/mol. The quantitative estimate of drug-likeness (QED) is 0.708. The molecule has 1 aromatic carbocycles. The Kier molecular flexibility index (Phi) is 6.63. The second-order valence-corrected chi connectivity index (χ2v) is 6.18. The van der Waals surface area contributed by atoms with Crippen LogP contribution in [0, 0.1) is 0 Å². The van der Waals surface area contributed by atoms with Gasteiger partial charge in [-0.05, 0) is 31.9 Å². The van der Waals surface area contributed by atoms with Crippen molar-refractivity contribution in [2.45, 2.75) is 32.7 Å². The number of hydrogen-bond donors (Lipinski definition) is 2. The number of amides is 2. The van der Waals surface area contributed by atoms with Crippen molar-refractivity contribution < 1.29 is 24.2 Å². The number of benzene rings is 1. The first-order chi connectivity index (χ1) is 12.4. The molecule has 1 aliphatic heterocycles. The van der Waals surface area contributed by atoms with Crippen LogP contribution < -0.4 is 5.32 Å². The van der Waals surface area contributed by atoms with E-state index in [9.17, 15) is 14.4 Å². The number of carbonyl (C=O) groups excluding carboxylic acids is 2. The molecule has 1 heterocycles. The van der Waals surface area contributed by atoms with Crippen LogP contribution >= 0.6 is 11.6 Å². The normalized spacial score (nSPS) is 17.1. The molecule has 0 saturated heterocycles. The molecule has 0 unspecified atom stereocenters. The van der Waals surface area contributed by atoms with E-state index in [1.807, 2.05) is 0 Å². The summed E-state index contributed by atoms with van der Waals surface area (Å²) in [4.78, 5) is 37.2. The molecule has 2 rings (SSSR count). The first kappa shape index (κ1) is 19.8. The Labute approximate surface area is 156 Å². The lowest BCUT2D eigenvalue weighted by Gasteiger charge is -2.35. The van der Waals surface area contributed by atoms with Crippen LogP contribution in [0.15, 0.2) is 35.5 Å². The summed E-state index contributed by atoms with van der Waals surface area (Å²) in [7, 11) is 0. The molecule has 0 fully saturated rings. The number of allylic oxidation sites excluding steroid dienone is 1. The average Bonchev–Trinajstić information content (AvgIpc) is 2.57. The third kappa shape index (κ3) is 4.35. The molecule has 140 valence electrons. The van der Waals surface area contributed by atoms with Crippen molar-refractivity contribution in [3.8, 4) is 0 Å². The summed E-state index contributed by atoms with van der Waals surface area (Å²) < 4.78 is 5.16. The molecule has 0 spiro atoms. The number of urea groups is 1. The van der Waals surface area contributed by atoms with Crippen molar-refractivity contribution in [3.05, 3.63) is 46.1 Å². The molecule has 0 aromatic heterocycles. The fourth-order valence-corrected chi connectivity index (χ4v) is 3.10. The van der Waals surface area contributed by atoms with Crippen LogP contribution in [-0.2, 0) is 14.3 Å². The maximum Gasteiger partial charge on any atom is 0.338 e. The van der Waals surface area contributed by atoms with Crippen molar-refractivity contribution in [1.29, 1.82) is 0 Å². The van der Waals surface area contributed by atoms with Gasteiger partial charge in [0.2, 0.25) is 0 Å². The molecule has 2 N–H and O–H groups in total. The highest BCUT2D eigenvalue weighted by molar-refractivity contribution is 6.31. The number of nitrogens with one attached hydrogen (secondary N) is 1. The van der Waals surface area contributed by atoms with Gasteiger partial charge in [-0.3, -0.25) is 9.69 Å². The Bertz CT molecular complexity index is 747. The zero-order valence-corrected chi connectivity index (χ0v) is 15.4. The number of rotatable bonds is 7. The van der Waals surface area contributed by atoms with Gasteiger partial charge in [-0.1, -0.05) is 29.8 Å². The summed E-state index contributed by atoms with van der Waals surface area (Å²) in [6.07, 6.45) is 0.201. The lowest BCUT2D eigenvalue weighted by Crippen LogP contribution is -2.48. The van der Waals surface area contributed by atoms with Gasteiger partial charge < -0.3 is 15.2 Å². The van der Waals surface area contributed by atoms with E-state index in [2.05, 4.69) is 5.32 Å². The molecule has 26 heavy (non-hydrogen) atoms. The Morgan fingerprint density at radius 3 is 2.65 bits per heavy atom. The van der Waals surface area contributed by atoms with Crippen molar-refractivity contribution in [2.24, 2.45) is 0 Å². The second kappa shape index (κ2) is 8.71. The first-order valence-corrected chi connectivity index (χ1v) is 8.66. The molecule has 7 nitrogen and oxygen atoms in total. The highest BCUT2D eigenvalue weighted by Crippen LogP contribution is 2.34. The van der Waals surface area contributed by atoms with Crippen LogP contribution in [0.1, 0.15) is 38.3 Å². The van der Waals surface area contributed by atoms with Gasteiger partial charge in [0.1, 0.15) is 0 Å². The van der Waals surface area contributed by atoms with E-state index in [0.29, 0.717) is 16.3 Å². The number of halogens is 1. The van der Waals surface area contributed by atoms with Crippen molar-refractivity contribution >= 4 is 29.6 Å². The van der Waals surface area contributed by atoms with Crippen LogP contribution in [0.4, 0.5) is 4.79 Å². The number of aliphatic carboxylic acids is 1. The largest absolute Gasteiger partial charge is 0.481 e. The van der Waals surface area contributed by atoms with E-state index in [1.54, 1.807) is 38.1 Å². The Hall–Kier alpha value is -2.54. The third-order valence-corrected chi connectivity index (χ3v) is 4.42. The number of ether oxygens (including phenoxy) is 1. The summed E-state index contributed by atoms with van der Waals surface area (Å²) in [6.45, 7) is 3.72. The topological polar surface area (TPSA) is 95.9 Å². The molecule has 1 atom stereocenters. The van der Waals surface area contributed by atoms with E-state index in [-0.39, 0.29) is 31.6 Å². The molecule has 0 aliphatic carbocycles. The monoisotopic (exact) mass is 380 g/mol. The minimum absolute atomic E-state index is 0.0697. The standard InChI is InChI=1S/C18H21ClN2O5/c1-3-26-17(24)15-11(2)21(10-6-9-14(22)23)18(25)20-16(15)12-7-4-5-8-13(12)19/h4-5,7-8,16H,3,6,9-10H2,1-2H3,(H,20,25)(H,22,23)/t16-/m1/s1.